The van der Waals surface area contributed by atoms with Crippen molar-refractivity contribution in [3.63, 3.8) is 0 Å². The molecule has 3 nitrogen and oxygen atoms in total. The van der Waals surface area contributed by atoms with Crippen molar-refractivity contribution in [3.8, 4) is 0 Å². The van der Waals surface area contributed by atoms with Crippen LogP contribution in [0.25, 0.3) is 10.8 Å². The number of thiophene rings is 1. The van der Waals surface area contributed by atoms with Gasteiger partial charge < -0.3 is 9.31 Å². The maximum atomic E-state index is 6.07. The Hall–Kier alpha value is -0.905. The van der Waals surface area contributed by atoms with Crippen molar-refractivity contribution in [3.05, 3.63) is 23.2 Å². The van der Waals surface area contributed by atoms with Crippen molar-refractivity contribution >= 4 is 34.7 Å². The molecule has 0 radical (unpaired) electrons. The summed E-state index contributed by atoms with van der Waals surface area (Å²) in [6.07, 6.45) is 3.72. The van der Waals surface area contributed by atoms with Crippen LogP contribution in [0.15, 0.2) is 23.2 Å². The van der Waals surface area contributed by atoms with Gasteiger partial charge in [-0.25, -0.2) is 0 Å². The molecule has 0 saturated carbocycles. The Morgan fingerprint density at radius 2 is 1.72 bits per heavy atom. The molecular weight excluding hydrogens is 245 g/mol. The summed E-state index contributed by atoms with van der Waals surface area (Å²) in [5.74, 6) is 0. The second kappa shape index (κ2) is 3.79. The van der Waals surface area contributed by atoms with Crippen LogP contribution in [0.1, 0.15) is 27.7 Å². The lowest BCUT2D eigenvalue weighted by Crippen LogP contribution is -2.41. The van der Waals surface area contributed by atoms with Crippen LogP contribution in [0.4, 0.5) is 0 Å². The molecule has 0 bridgehead atoms. The molecule has 0 aliphatic carbocycles. The molecule has 3 heterocycles. The number of hydrogen-bond donors (Lipinski definition) is 0. The quantitative estimate of drug-likeness (QED) is 0.739. The molecule has 0 amide bonds. The van der Waals surface area contributed by atoms with Crippen LogP contribution in [0, 0.1) is 0 Å². The molecule has 94 valence electrons. The first-order valence-corrected chi connectivity index (χ1v) is 7.00. The van der Waals surface area contributed by atoms with Gasteiger partial charge in [-0.1, -0.05) is 0 Å². The third kappa shape index (κ3) is 1.69. The summed E-state index contributed by atoms with van der Waals surface area (Å²) >= 11 is 1.67. The number of pyridine rings is 1. The van der Waals surface area contributed by atoms with Gasteiger partial charge in [-0.05, 0) is 38.5 Å². The fourth-order valence-corrected chi connectivity index (χ4v) is 2.88. The molecule has 5 heteroatoms. The number of hydrogen-bond acceptors (Lipinski definition) is 4. The Morgan fingerprint density at radius 1 is 1.06 bits per heavy atom. The minimum Gasteiger partial charge on any atom is -0.399 e. The molecule has 18 heavy (non-hydrogen) atoms. The molecule has 1 saturated heterocycles. The number of rotatable bonds is 1. The fraction of sp³-hybridized carbons (Fsp3) is 0.462. The molecule has 1 aliphatic rings. The number of nitrogens with zero attached hydrogens (tertiary/aromatic N) is 1. The van der Waals surface area contributed by atoms with Gasteiger partial charge in [0.2, 0.25) is 0 Å². The summed E-state index contributed by atoms with van der Waals surface area (Å²) in [7, 11) is -0.333. The van der Waals surface area contributed by atoms with E-state index in [1.807, 2.05) is 12.4 Å². The summed E-state index contributed by atoms with van der Waals surface area (Å²) in [5.41, 5.74) is 0.401. The topological polar surface area (TPSA) is 31.4 Å². The smallest absolute Gasteiger partial charge is 0.399 e. The van der Waals surface area contributed by atoms with Gasteiger partial charge in [-0.2, -0.15) is 11.3 Å². The molecule has 0 N–H and O–H groups in total. The average Bonchev–Trinajstić information content (AvgIpc) is 2.81. The van der Waals surface area contributed by atoms with Gasteiger partial charge >= 0.3 is 7.12 Å². The van der Waals surface area contributed by atoms with Crippen molar-refractivity contribution in [2.75, 3.05) is 0 Å². The largest absolute Gasteiger partial charge is 0.497 e. The fourth-order valence-electron chi connectivity index (χ4n) is 2.07. The zero-order chi connectivity index (χ0) is 13.0. The van der Waals surface area contributed by atoms with Gasteiger partial charge in [-0.15, -0.1) is 0 Å². The molecule has 2 aromatic rings. The average molecular weight is 261 g/mol. The molecule has 2 aromatic heterocycles. The number of fused-ring (bicyclic) bond motifs is 1. The van der Waals surface area contributed by atoms with Crippen LogP contribution in [-0.4, -0.2) is 23.3 Å². The van der Waals surface area contributed by atoms with E-state index in [0.717, 1.165) is 10.8 Å². The summed E-state index contributed by atoms with van der Waals surface area (Å²) in [6.45, 7) is 8.25. The first-order valence-electron chi connectivity index (χ1n) is 6.06. The van der Waals surface area contributed by atoms with E-state index in [2.05, 4.69) is 43.4 Å². The van der Waals surface area contributed by atoms with E-state index in [-0.39, 0.29) is 18.3 Å². The Labute approximate surface area is 111 Å². The van der Waals surface area contributed by atoms with Gasteiger partial charge in [0.1, 0.15) is 0 Å². The Kier molecular flexibility index (Phi) is 2.56. The predicted octanol–water partition coefficient (Wildman–Crippen LogP) is 2.60. The molecule has 0 unspecified atom stereocenters. The minimum absolute atomic E-state index is 0.310. The maximum absolute atomic E-state index is 6.07. The molecule has 0 atom stereocenters. The first kappa shape index (κ1) is 12.1. The lowest BCUT2D eigenvalue weighted by molar-refractivity contribution is 0.00578. The normalized spacial score (nSPS) is 21.7. The highest BCUT2D eigenvalue weighted by molar-refractivity contribution is 7.09. The molecule has 1 aliphatic heterocycles. The first-order chi connectivity index (χ1) is 8.41. The minimum atomic E-state index is -0.333. The lowest BCUT2D eigenvalue weighted by atomic mass is 9.78. The second-order valence-electron chi connectivity index (χ2n) is 5.69. The van der Waals surface area contributed by atoms with Crippen LogP contribution in [0.3, 0.4) is 0 Å². The van der Waals surface area contributed by atoms with E-state index in [0.29, 0.717) is 0 Å². The monoisotopic (exact) mass is 261 g/mol. The van der Waals surface area contributed by atoms with Crippen LogP contribution < -0.4 is 5.46 Å². The summed E-state index contributed by atoms with van der Waals surface area (Å²) in [5, 5.41) is 6.54. The molecule has 0 aromatic carbocycles. The van der Waals surface area contributed by atoms with Crippen molar-refractivity contribution in [1.29, 1.82) is 0 Å². The van der Waals surface area contributed by atoms with Crippen LogP contribution in [0.2, 0.25) is 0 Å². The van der Waals surface area contributed by atoms with Crippen LogP contribution in [0.5, 0.6) is 0 Å². The SMILES string of the molecule is CC1(C)OB(c2cncc3cscc23)OC1(C)C. The molecule has 1 fully saturated rings. The Morgan fingerprint density at radius 3 is 2.39 bits per heavy atom. The van der Waals surface area contributed by atoms with E-state index in [1.165, 1.54) is 5.39 Å². The highest BCUT2D eigenvalue weighted by Gasteiger charge is 2.52. The zero-order valence-electron chi connectivity index (χ0n) is 11.1. The molecule has 0 spiro atoms. The Bertz CT molecular complexity index is 577. The highest BCUT2D eigenvalue weighted by atomic mass is 32.1. The van der Waals surface area contributed by atoms with Gasteiger partial charge in [0, 0.05) is 28.6 Å². The van der Waals surface area contributed by atoms with Crippen LogP contribution >= 0.6 is 11.3 Å². The van der Waals surface area contributed by atoms with Crippen molar-refractivity contribution in [1.82, 2.24) is 4.98 Å². The lowest BCUT2D eigenvalue weighted by Gasteiger charge is -2.32. The summed E-state index contributed by atoms with van der Waals surface area (Å²) < 4.78 is 12.1. The van der Waals surface area contributed by atoms with E-state index >= 15 is 0 Å². The van der Waals surface area contributed by atoms with Crippen LogP contribution in [-0.2, 0) is 9.31 Å². The maximum Gasteiger partial charge on any atom is 0.497 e. The van der Waals surface area contributed by atoms with Gasteiger partial charge in [0.15, 0.2) is 0 Å². The zero-order valence-corrected chi connectivity index (χ0v) is 11.9. The third-order valence-corrected chi connectivity index (χ3v) is 4.70. The standard InChI is InChI=1S/C13H16BNO2S/c1-12(2)13(3,4)17-14(16-12)11-6-15-5-9-7-18-8-10(9)11/h5-8H,1-4H3. The van der Waals surface area contributed by atoms with Crippen molar-refractivity contribution in [2.45, 2.75) is 38.9 Å². The van der Waals surface area contributed by atoms with Crippen molar-refractivity contribution < 1.29 is 9.31 Å². The molecule has 3 rings (SSSR count). The van der Waals surface area contributed by atoms with E-state index in [4.69, 9.17) is 9.31 Å². The van der Waals surface area contributed by atoms with Crippen molar-refractivity contribution in [2.24, 2.45) is 0 Å². The Balaban J connectivity index is 2.05. The predicted molar refractivity (Wildman–Crippen MR) is 75.3 cm³/mol. The van der Waals surface area contributed by atoms with E-state index < -0.39 is 0 Å². The van der Waals surface area contributed by atoms with Gasteiger partial charge in [-0.3, -0.25) is 4.98 Å². The summed E-state index contributed by atoms with van der Waals surface area (Å²) in [6, 6.07) is 0. The highest BCUT2D eigenvalue weighted by Crippen LogP contribution is 2.37. The van der Waals surface area contributed by atoms with E-state index in [9.17, 15) is 0 Å². The van der Waals surface area contributed by atoms with Gasteiger partial charge in [0.05, 0.1) is 11.2 Å². The number of aromatic nitrogens is 1. The van der Waals surface area contributed by atoms with Gasteiger partial charge in [0.25, 0.3) is 0 Å². The molecular formula is C13H16BNO2S. The second-order valence-corrected chi connectivity index (χ2v) is 6.44. The van der Waals surface area contributed by atoms with E-state index in [1.54, 1.807) is 11.3 Å². The third-order valence-electron chi connectivity index (χ3n) is 3.94. The summed E-state index contributed by atoms with van der Waals surface area (Å²) in [4.78, 5) is 4.27.